The molecule has 24 heavy (non-hydrogen) atoms. The summed E-state index contributed by atoms with van der Waals surface area (Å²) < 4.78 is 28.5. The predicted octanol–water partition coefficient (Wildman–Crippen LogP) is 2.01. The molecule has 0 spiro atoms. The Kier molecular flexibility index (Phi) is 5.74. The highest BCUT2D eigenvalue weighted by Crippen LogP contribution is 2.17. The van der Waals surface area contributed by atoms with E-state index in [2.05, 4.69) is 5.32 Å². The number of ether oxygens (including phenoxy) is 1. The van der Waals surface area contributed by atoms with Crippen LogP contribution in [0, 0.1) is 0 Å². The van der Waals surface area contributed by atoms with Gasteiger partial charge >= 0.3 is 5.97 Å². The van der Waals surface area contributed by atoms with E-state index in [0.29, 0.717) is 6.54 Å². The zero-order chi connectivity index (χ0) is 17.7. The van der Waals surface area contributed by atoms with Gasteiger partial charge in [0.1, 0.15) is 0 Å². The molecule has 1 unspecified atom stereocenters. The van der Waals surface area contributed by atoms with Crippen LogP contribution in [-0.4, -0.2) is 32.7 Å². The van der Waals surface area contributed by atoms with Crippen LogP contribution in [0.1, 0.15) is 22.2 Å². The van der Waals surface area contributed by atoms with Crippen molar-refractivity contribution in [2.24, 2.45) is 0 Å². The second-order valence-electron chi connectivity index (χ2n) is 5.11. The molecule has 0 aliphatic carbocycles. The maximum atomic E-state index is 12.2. The summed E-state index contributed by atoms with van der Waals surface area (Å²) in [5.74, 6) is -1.30. The molecule has 0 aliphatic rings. The quantitative estimate of drug-likeness (QED) is 0.789. The first-order valence-electron chi connectivity index (χ1n) is 7.09. The van der Waals surface area contributed by atoms with Crippen molar-refractivity contribution in [3.63, 3.8) is 0 Å². The molecule has 0 radical (unpaired) electrons. The minimum absolute atomic E-state index is 0.0853. The van der Waals surface area contributed by atoms with E-state index in [9.17, 15) is 18.0 Å². The summed E-state index contributed by atoms with van der Waals surface area (Å²) in [6.45, 7) is 1.78. The summed E-state index contributed by atoms with van der Waals surface area (Å²) in [7, 11) is -3.57. The van der Waals surface area contributed by atoms with Crippen molar-refractivity contribution in [2.45, 2.75) is 24.5 Å². The number of rotatable bonds is 6. The van der Waals surface area contributed by atoms with Crippen molar-refractivity contribution >= 4 is 33.1 Å². The number of thiophene rings is 1. The van der Waals surface area contributed by atoms with Gasteiger partial charge in [0.25, 0.3) is 5.91 Å². The summed E-state index contributed by atoms with van der Waals surface area (Å²) in [6.07, 6.45) is -0.0268. The van der Waals surface area contributed by atoms with Crippen LogP contribution < -0.4 is 5.32 Å². The fourth-order valence-corrected chi connectivity index (χ4v) is 3.49. The maximum Gasteiger partial charge on any atom is 0.340 e. The lowest BCUT2D eigenvalue weighted by Gasteiger charge is -2.14. The minimum Gasteiger partial charge on any atom is -0.449 e. The molecule has 0 bridgehead atoms. The first kappa shape index (κ1) is 18.2. The van der Waals surface area contributed by atoms with Gasteiger partial charge in [-0.15, -0.1) is 11.3 Å². The van der Waals surface area contributed by atoms with Gasteiger partial charge < -0.3 is 10.1 Å². The molecule has 0 fully saturated rings. The van der Waals surface area contributed by atoms with Crippen molar-refractivity contribution in [1.29, 1.82) is 0 Å². The van der Waals surface area contributed by atoms with Crippen LogP contribution >= 0.6 is 11.3 Å². The fourth-order valence-electron chi connectivity index (χ4n) is 1.97. The lowest BCUT2D eigenvalue weighted by Crippen LogP contribution is -2.35. The van der Waals surface area contributed by atoms with Gasteiger partial charge in [0.15, 0.2) is 15.9 Å². The number of sulfone groups is 1. The first-order valence-corrected chi connectivity index (χ1v) is 9.86. The number of hydrogen-bond donors (Lipinski definition) is 1. The molecule has 1 N–H and O–H groups in total. The molecule has 1 aromatic carbocycles. The first-order chi connectivity index (χ1) is 11.3. The van der Waals surface area contributed by atoms with Gasteiger partial charge in [-0.2, -0.15) is 0 Å². The van der Waals surface area contributed by atoms with E-state index < -0.39 is 27.8 Å². The second-order valence-corrected chi connectivity index (χ2v) is 8.13. The van der Waals surface area contributed by atoms with E-state index in [1.807, 2.05) is 17.5 Å². The Balaban J connectivity index is 2.03. The van der Waals surface area contributed by atoms with Crippen molar-refractivity contribution < 1.29 is 22.7 Å². The standard InChI is InChI=1S/C16H17NO5S2/c1-11(15(18)17-10-12-6-5-9-23-12)22-16(19)13-7-3-4-8-14(13)24(2,20)21/h3-9,11H,10H2,1-2H3,(H,17,18). The van der Waals surface area contributed by atoms with Gasteiger partial charge in [0.05, 0.1) is 17.0 Å². The molecule has 1 aromatic heterocycles. The summed E-state index contributed by atoms with van der Waals surface area (Å²) in [6, 6.07) is 9.49. The zero-order valence-electron chi connectivity index (χ0n) is 13.2. The third kappa shape index (κ3) is 4.65. The Labute approximate surface area is 144 Å². The largest absolute Gasteiger partial charge is 0.449 e. The van der Waals surface area contributed by atoms with E-state index in [0.717, 1.165) is 11.1 Å². The molecule has 6 nitrogen and oxygen atoms in total. The van der Waals surface area contributed by atoms with Crippen molar-refractivity contribution in [2.75, 3.05) is 6.26 Å². The Morgan fingerprint density at radius 1 is 1.21 bits per heavy atom. The summed E-state index contributed by atoms with van der Waals surface area (Å²) in [5.41, 5.74) is -0.0853. The maximum absolute atomic E-state index is 12.2. The highest BCUT2D eigenvalue weighted by molar-refractivity contribution is 7.90. The van der Waals surface area contributed by atoms with Crippen molar-refractivity contribution in [3.8, 4) is 0 Å². The van der Waals surface area contributed by atoms with Gasteiger partial charge in [-0.1, -0.05) is 18.2 Å². The molecule has 128 valence electrons. The Bertz CT molecular complexity index is 828. The SMILES string of the molecule is CC(OC(=O)c1ccccc1S(C)(=O)=O)C(=O)NCc1cccs1. The molecule has 0 aliphatic heterocycles. The summed E-state index contributed by atoms with van der Waals surface area (Å²) in [4.78, 5) is 25.0. The third-order valence-corrected chi connectivity index (χ3v) is 5.21. The second kappa shape index (κ2) is 7.59. The number of carbonyl (C=O) groups is 2. The molecule has 1 heterocycles. The fraction of sp³-hybridized carbons (Fsp3) is 0.250. The lowest BCUT2D eigenvalue weighted by atomic mass is 10.2. The average molecular weight is 367 g/mol. The molecule has 0 saturated heterocycles. The van der Waals surface area contributed by atoms with E-state index in [4.69, 9.17) is 4.74 Å². The topological polar surface area (TPSA) is 89.5 Å². The lowest BCUT2D eigenvalue weighted by molar-refractivity contribution is -0.129. The molecule has 2 rings (SSSR count). The van der Waals surface area contributed by atoms with Gasteiger partial charge in [-0.25, -0.2) is 13.2 Å². The van der Waals surface area contributed by atoms with Crippen molar-refractivity contribution in [1.82, 2.24) is 5.32 Å². The van der Waals surface area contributed by atoms with Gasteiger partial charge in [-0.3, -0.25) is 4.79 Å². The zero-order valence-corrected chi connectivity index (χ0v) is 14.8. The number of benzene rings is 1. The third-order valence-electron chi connectivity index (χ3n) is 3.18. The minimum atomic E-state index is -3.57. The van der Waals surface area contributed by atoms with Gasteiger partial charge in [-0.05, 0) is 30.5 Å². The number of hydrogen-bond acceptors (Lipinski definition) is 6. The van der Waals surface area contributed by atoms with Crippen LogP contribution in [0.25, 0.3) is 0 Å². The normalized spacial score (nSPS) is 12.4. The van der Waals surface area contributed by atoms with E-state index in [-0.39, 0.29) is 10.5 Å². The van der Waals surface area contributed by atoms with E-state index in [1.54, 1.807) is 0 Å². The highest BCUT2D eigenvalue weighted by Gasteiger charge is 2.23. The summed E-state index contributed by atoms with van der Waals surface area (Å²) in [5, 5.41) is 4.56. The molecule has 8 heteroatoms. The smallest absolute Gasteiger partial charge is 0.340 e. The number of esters is 1. The Hall–Kier alpha value is -2.19. The molecule has 0 saturated carbocycles. The molecular weight excluding hydrogens is 350 g/mol. The number of nitrogens with one attached hydrogen (secondary N) is 1. The van der Waals surface area contributed by atoms with Crippen LogP contribution in [0.4, 0.5) is 0 Å². The Morgan fingerprint density at radius 2 is 1.92 bits per heavy atom. The average Bonchev–Trinajstić information content (AvgIpc) is 3.05. The summed E-state index contributed by atoms with van der Waals surface area (Å²) >= 11 is 1.50. The van der Waals surface area contributed by atoms with Gasteiger partial charge in [0.2, 0.25) is 0 Å². The number of amides is 1. The predicted molar refractivity (Wildman–Crippen MR) is 90.6 cm³/mol. The van der Waals surface area contributed by atoms with Crippen LogP contribution in [0.2, 0.25) is 0 Å². The van der Waals surface area contributed by atoms with E-state index >= 15 is 0 Å². The van der Waals surface area contributed by atoms with Crippen LogP contribution in [0.15, 0.2) is 46.7 Å². The van der Waals surface area contributed by atoms with Crippen LogP contribution in [0.3, 0.4) is 0 Å². The Morgan fingerprint density at radius 3 is 2.54 bits per heavy atom. The molecule has 2 aromatic rings. The van der Waals surface area contributed by atoms with E-state index in [1.165, 1.54) is 42.5 Å². The molecule has 1 amide bonds. The molecule has 1 atom stereocenters. The van der Waals surface area contributed by atoms with Crippen LogP contribution in [-0.2, 0) is 25.9 Å². The van der Waals surface area contributed by atoms with Crippen LogP contribution in [0.5, 0.6) is 0 Å². The van der Waals surface area contributed by atoms with Crippen molar-refractivity contribution in [3.05, 3.63) is 52.2 Å². The number of carbonyl (C=O) groups excluding carboxylic acids is 2. The molecular formula is C16H17NO5S2. The monoisotopic (exact) mass is 367 g/mol. The highest BCUT2D eigenvalue weighted by atomic mass is 32.2. The van der Waals surface area contributed by atoms with Gasteiger partial charge in [0, 0.05) is 11.1 Å².